The highest BCUT2D eigenvalue weighted by atomic mass is 19.1. The Balaban J connectivity index is 1.36. The molecule has 0 bridgehead atoms. The standard InChI is InChI=1S/C27H31FN4O4/c1-16-12-31(13-17(2)36-16)14-18-6-7-19(22(28)10-18)11-29-23-5-3-4-20-21(23)15-32(27(20)35)24-8-9-25(33)30-26(24)34/h3-7,10,16-17,24,29H,8-9,11-15H2,1-2H3,(H,30,33,34)/i8D2,9D2,14D2,24D. The number of benzene rings is 2. The van der Waals surface area contributed by atoms with Crippen LogP contribution in [0, 0.1) is 5.82 Å². The van der Waals surface area contributed by atoms with Crippen molar-refractivity contribution in [2.75, 3.05) is 18.4 Å². The second-order valence-electron chi connectivity index (χ2n) is 9.04. The van der Waals surface area contributed by atoms with E-state index in [1.165, 1.54) is 24.3 Å². The number of fused-ring (bicyclic) bond motifs is 1. The second-order valence-corrected chi connectivity index (χ2v) is 9.04. The zero-order valence-electron chi connectivity index (χ0n) is 26.9. The molecule has 36 heavy (non-hydrogen) atoms. The van der Waals surface area contributed by atoms with E-state index in [1.54, 1.807) is 16.3 Å². The van der Waals surface area contributed by atoms with Gasteiger partial charge in [0.15, 0.2) is 0 Å². The molecule has 8 nitrogen and oxygen atoms in total. The maximum Gasteiger partial charge on any atom is 0.255 e. The van der Waals surface area contributed by atoms with Crippen molar-refractivity contribution in [2.45, 2.75) is 64.4 Å². The number of rotatable bonds is 6. The smallest absolute Gasteiger partial charge is 0.255 e. The number of anilines is 1. The summed E-state index contributed by atoms with van der Waals surface area (Å²) in [6.07, 6.45) is -7.03. The molecule has 5 rings (SSSR count). The maximum atomic E-state index is 15.2. The molecule has 3 heterocycles. The van der Waals surface area contributed by atoms with Gasteiger partial charge in [0.05, 0.1) is 13.6 Å². The Bertz CT molecular complexity index is 1500. The fourth-order valence-corrected chi connectivity index (χ4v) is 4.64. The van der Waals surface area contributed by atoms with Gasteiger partial charge in [-0.2, -0.15) is 0 Å². The molecule has 2 N–H and O–H groups in total. The van der Waals surface area contributed by atoms with E-state index in [4.69, 9.17) is 14.3 Å². The Hall–Kier alpha value is -3.30. The van der Waals surface area contributed by atoms with Gasteiger partial charge in [-0.05, 0) is 44.0 Å². The van der Waals surface area contributed by atoms with Gasteiger partial charge in [0, 0.05) is 69.7 Å². The molecule has 2 aromatic rings. The second kappa shape index (κ2) is 9.99. The highest BCUT2D eigenvalue weighted by Crippen LogP contribution is 2.32. The van der Waals surface area contributed by atoms with Crippen molar-refractivity contribution in [1.29, 1.82) is 0 Å². The average Bonchev–Trinajstić information content (AvgIpc) is 3.27. The number of nitrogens with zero attached hydrogens (tertiary/aromatic N) is 2. The number of piperidine rings is 1. The van der Waals surface area contributed by atoms with E-state index in [0.29, 0.717) is 23.7 Å². The van der Waals surface area contributed by atoms with Crippen LogP contribution >= 0.6 is 0 Å². The van der Waals surface area contributed by atoms with Gasteiger partial charge in [-0.25, -0.2) is 4.39 Å². The number of imide groups is 1. The van der Waals surface area contributed by atoms with Crippen molar-refractivity contribution >= 4 is 23.4 Å². The van der Waals surface area contributed by atoms with E-state index < -0.39 is 55.3 Å². The van der Waals surface area contributed by atoms with E-state index in [0.717, 1.165) is 6.07 Å². The molecule has 3 aliphatic heterocycles. The van der Waals surface area contributed by atoms with E-state index in [-0.39, 0.29) is 41.0 Å². The third-order valence-electron chi connectivity index (χ3n) is 6.20. The fraction of sp³-hybridized carbons (Fsp3) is 0.444. The van der Waals surface area contributed by atoms with Gasteiger partial charge in [0.2, 0.25) is 11.8 Å². The first-order valence-corrected chi connectivity index (χ1v) is 11.7. The summed E-state index contributed by atoms with van der Waals surface area (Å²) in [5.74, 6) is -4.55. The van der Waals surface area contributed by atoms with Crippen molar-refractivity contribution in [3.8, 4) is 0 Å². The maximum absolute atomic E-state index is 15.2. The van der Waals surface area contributed by atoms with Crippen LogP contribution in [0.25, 0.3) is 0 Å². The fourth-order valence-electron chi connectivity index (χ4n) is 4.64. The van der Waals surface area contributed by atoms with Gasteiger partial charge in [-0.1, -0.05) is 18.2 Å². The predicted molar refractivity (Wildman–Crippen MR) is 131 cm³/mol. The van der Waals surface area contributed by atoms with E-state index in [9.17, 15) is 14.4 Å². The number of halogens is 1. The molecule has 0 saturated carbocycles. The van der Waals surface area contributed by atoms with Crippen molar-refractivity contribution in [2.24, 2.45) is 0 Å². The summed E-state index contributed by atoms with van der Waals surface area (Å²) in [7, 11) is 0. The van der Waals surface area contributed by atoms with Crippen molar-refractivity contribution in [3.05, 3.63) is 64.5 Å². The van der Waals surface area contributed by atoms with Crippen LogP contribution in [0.1, 0.15) is 63.2 Å². The van der Waals surface area contributed by atoms with Gasteiger partial charge >= 0.3 is 0 Å². The summed E-state index contributed by atoms with van der Waals surface area (Å²) in [5, 5.41) is 4.70. The molecule has 3 aliphatic rings. The molecule has 3 atom stereocenters. The minimum Gasteiger partial charge on any atom is -0.381 e. The summed E-state index contributed by atoms with van der Waals surface area (Å²) in [5.41, 5.74) is 1.01. The van der Waals surface area contributed by atoms with Crippen LogP contribution in [0.15, 0.2) is 36.4 Å². The zero-order valence-corrected chi connectivity index (χ0v) is 19.9. The van der Waals surface area contributed by atoms with Crippen molar-refractivity contribution < 1.29 is 33.1 Å². The summed E-state index contributed by atoms with van der Waals surface area (Å²) < 4.78 is 79.3. The average molecular weight is 502 g/mol. The minimum atomic E-state index is -3.39. The van der Waals surface area contributed by atoms with E-state index in [1.807, 2.05) is 13.8 Å². The van der Waals surface area contributed by atoms with Gasteiger partial charge < -0.3 is 15.0 Å². The lowest BCUT2D eigenvalue weighted by molar-refractivity contribution is -0.136. The topological polar surface area (TPSA) is 91.0 Å². The largest absolute Gasteiger partial charge is 0.381 e. The number of carbonyl (C=O) groups is 3. The third-order valence-corrected chi connectivity index (χ3v) is 6.20. The molecular formula is C27H31FN4O4. The molecule has 0 radical (unpaired) electrons. The van der Waals surface area contributed by atoms with Gasteiger partial charge in [-0.3, -0.25) is 24.6 Å². The first kappa shape index (κ1) is 17.2. The first-order valence-electron chi connectivity index (χ1n) is 15.2. The highest BCUT2D eigenvalue weighted by molar-refractivity contribution is 6.06. The molecule has 2 saturated heterocycles. The molecule has 3 unspecified atom stereocenters. The van der Waals surface area contributed by atoms with Crippen LogP contribution in [0.2, 0.25) is 0 Å². The van der Waals surface area contributed by atoms with E-state index >= 15 is 4.39 Å². The Morgan fingerprint density at radius 1 is 1.22 bits per heavy atom. The van der Waals surface area contributed by atoms with Gasteiger partial charge in [0.25, 0.3) is 5.91 Å². The number of ether oxygens (including phenoxy) is 1. The Kier molecular flexibility index (Phi) is 4.77. The van der Waals surface area contributed by atoms with Crippen molar-refractivity contribution in [1.82, 2.24) is 15.1 Å². The van der Waals surface area contributed by atoms with Crippen molar-refractivity contribution in [3.63, 3.8) is 0 Å². The summed E-state index contributed by atoms with van der Waals surface area (Å²) in [4.78, 5) is 40.3. The number of hydrogen-bond donors (Lipinski definition) is 2. The molecule has 2 fully saturated rings. The van der Waals surface area contributed by atoms with E-state index in [2.05, 4.69) is 5.32 Å². The molecule has 2 aromatic carbocycles. The number of nitrogens with one attached hydrogen (secondary N) is 2. The number of carbonyl (C=O) groups excluding carboxylic acids is 3. The zero-order chi connectivity index (χ0) is 31.7. The normalized spacial score (nSPS) is 32.7. The van der Waals surface area contributed by atoms with Crippen LogP contribution in [-0.4, -0.2) is 58.8 Å². The van der Waals surface area contributed by atoms with Gasteiger partial charge in [0.1, 0.15) is 11.8 Å². The van der Waals surface area contributed by atoms with Gasteiger partial charge in [-0.15, -0.1) is 0 Å². The molecule has 0 spiro atoms. The summed E-state index contributed by atoms with van der Waals surface area (Å²) in [6, 6.07) is 5.51. The van der Waals surface area contributed by atoms with Crippen LogP contribution in [-0.2, 0) is 33.9 Å². The lowest BCUT2D eigenvalue weighted by Crippen LogP contribution is -2.52. The number of hydrogen-bond acceptors (Lipinski definition) is 6. The molecular weight excluding hydrogens is 463 g/mol. The third kappa shape index (κ3) is 4.99. The quantitative estimate of drug-likeness (QED) is 0.592. The molecule has 0 aliphatic carbocycles. The number of amides is 3. The monoisotopic (exact) mass is 501 g/mol. The van der Waals surface area contributed by atoms with Crippen LogP contribution in [0.4, 0.5) is 10.1 Å². The molecule has 3 amide bonds. The lowest BCUT2D eigenvalue weighted by Gasteiger charge is -2.35. The minimum absolute atomic E-state index is 0.0377. The number of morpholine rings is 1. The summed E-state index contributed by atoms with van der Waals surface area (Å²) in [6.45, 7) is 1.94. The Labute approximate surface area is 219 Å². The molecule has 9 heteroatoms. The SMILES string of the molecule is [2H]C([2H])(c1ccc(CNc2cccc3c2CN(C2([2H])C(=O)NC(=O)C([2H])([2H])C2([2H])[2H])C3=O)c(F)c1)N1CC(C)OC(C)C1. The lowest BCUT2D eigenvalue weighted by atomic mass is 10.0. The van der Waals surface area contributed by atoms with Crippen LogP contribution < -0.4 is 10.6 Å². The van der Waals surface area contributed by atoms with Crippen LogP contribution in [0.3, 0.4) is 0 Å². The highest BCUT2D eigenvalue weighted by Gasteiger charge is 2.39. The predicted octanol–water partition coefficient (Wildman–Crippen LogP) is 2.81. The Morgan fingerprint density at radius 2 is 2.00 bits per heavy atom. The first-order chi connectivity index (χ1) is 19.9. The molecule has 0 aromatic heterocycles. The Morgan fingerprint density at radius 3 is 2.75 bits per heavy atom. The molecule has 190 valence electrons. The summed E-state index contributed by atoms with van der Waals surface area (Å²) >= 11 is 0. The van der Waals surface area contributed by atoms with Crippen LogP contribution in [0.5, 0.6) is 0 Å².